The van der Waals surface area contributed by atoms with Gasteiger partial charge < -0.3 is 10.1 Å². The summed E-state index contributed by atoms with van der Waals surface area (Å²) in [5, 5.41) is 3.31. The van der Waals surface area contributed by atoms with Crippen LogP contribution in [0.4, 0.5) is 5.82 Å². The summed E-state index contributed by atoms with van der Waals surface area (Å²) in [4.78, 5) is 8.28. The van der Waals surface area contributed by atoms with Crippen molar-refractivity contribution in [3.63, 3.8) is 0 Å². The van der Waals surface area contributed by atoms with E-state index in [4.69, 9.17) is 4.74 Å². The molecule has 0 atom stereocenters. The van der Waals surface area contributed by atoms with Gasteiger partial charge >= 0.3 is 0 Å². The van der Waals surface area contributed by atoms with Crippen LogP contribution in [0.25, 0.3) is 0 Å². The summed E-state index contributed by atoms with van der Waals surface area (Å²) in [6, 6.07) is 10.3. The average Bonchev–Trinajstić information content (AvgIpc) is 2.48. The molecule has 106 valence electrons. The topological polar surface area (TPSA) is 47.0 Å². The highest BCUT2D eigenvalue weighted by atomic mass is 16.5. The largest absolute Gasteiger partial charge is 0.478 e. The minimum atomic E-state index is 0.625. The highest BCUT2D eigenvalue weighted by Gasteiger charge is 2.00. The van der Waals surface area contributed by atoms with Crippen molar-refractivity contribution in [3.05, 3.63) is 47.8 Å². The maximum atomic E-state index is 5.49. The van der Waals surface area contributed by atoms with Gasteiger partial charge in [0.25, 0.3) is 0 Å². The Bertz CT molecular complexity index is 543. The van der Waals surface area contributed by atoms with Crippen LogP contribution in [0.3, 0.4) is 0 Å². The molecule has 1 heterocycles. The van der Waals surface area contributed by atoms with Crippen molar-refractivity contribution in [2.45, 2.75) is 26.7 Å². The van der Waals surface area contributed by atoms with E-state index in [0.717, 1.165) is 25.2 Å². The van der Waals surface area contributed by atoms with Crippen LogP contribution in [0.5, 0.6) is 5.88 Å². The van der Waals surface area contributed by atoms with E-state index in [-0.39, 0.29) is 0 Å². The Kier molecular flexibility index (Phi) is 5.35. The maximum Gasteiger partial charge on any atom is 0.218 e. The highest BCUT2D eigenvalue weighted by molar-refractivity contribution is 5.37. The number of nitrogens with one attached hydrogen (secondary N) is 1. The molecule has 4 heteroatoms. The Hall–Kier alpha value is -2.10. The van der Waals surface area contributed by atoms with Gasteiger partial charge in [-0.3, -0.25) is 0 Å². The van der Waals surface area contributed by atoms with Gasteiger partial charge in [-0.25, -0.2) is 9.97 Å². The van der Waals surface area contributed by atoms with Crippen LogP contribution in [0.2, 0.25) is 0 Å². The van der Waals surface area contributed by atoms with E-state index in [1.165, 1.54) is 17.5 Å². The Balaban J connectivity index is 1.86. The zero-order valence-corrected chi connectivity index (χ0v) is 12.1. The van der Waals surface area contributed by atoms with Crippen LogP contribution >= 0.6 is 0 Å². The molecule has 2 aromatic rings. The van der Waals surface area contributed by atoms with Gasteiger partial charge in [-0.1, -0.05) is 31.2 Å². The van der Waals surface area contributed by atoms with Crippen LogP contribution in [0.15, 0.2) is 36.7 Å². The second kappa shape index (κ2) is 7.48. The Morgan fingerprint density at radius 3 is 2.85 bits per heavy atom. The molecule has 0 saturated heterocycles. The summed E-state index contributed by atoms with van der Waals surface area (Å²) in [5.74, 6) is 1.43. The van der Waals surface area contributed by atoms with Gasteiger partial charge in [-0.15, -0.1) is 0 Å². The molecule has 0 aliphatic carbocycles. The molecule has 0 spiro atoms. The Morgan fingerprint density at radius 2 is 2.05 bits per heavy atom. The lowest BCUT2D eigenvalue weighted by atomic mass is 10.1. The van der Waals surface area contributed by atoms with Gasteiger partial charge in [0.1, 0.15) is 12.1 Å². The minimum Gasteiger partial charge on any atom is -0.478 e. The van der Waals surface area contributed by atoms with E-state index < -0.39 is 0 Å². The number of hydrogen-bond acceptors (Lipinski definition) is 4. The fraction of sp³-hybridized carbons (Fsp3) is 0.375. The van der Waals surface area contributed by atoms with E-state index in [1.807, 2.05) is 6.07 Å². The molecule has 0 fully saturated rings. The van der Waals surface area contributed by atoms with Crippen LogP contribution in [0, 0.1) is 6.92 Å². The molecule has 4 nitrogen and oxygen atoms in total. The summed E-state index contributed by atoms with van der Waals surface area (Å²) in [5.41, 5.74) is 2.68. The minimum absolute atomic E-state index is 0.625. The number of aromatic nitrogens is 2. The van der Waals surface area contributed by atoms with Crippen LogP contribution in [-0.4, -0.2) is 23.1 Å². The smallest absolute Gasteiger partial charge is 0.218 e. The van der Waals surface area contributed by atoms with E-state index in [1.54, 1.807) is 0 Å². The zero-order chi connectivity index (χ0) is 14.2. The third kappa shape index (κ3) is 4.23. The first-order valence-corrected chi connectivity index (χ1v) is 7.03. The molecule has 0 amide bonds. The quantitative estimate of drug-likeness (QED) is 0.840. The van der Waals surface area contributed by atoms with Gasteiger partial charge in [0.2, 0.25) is 5.88 Å². The summed E-state index contributed by atoms with van der Waals surface area (Å²) in [6.45, 7) is 5.73. The number of ether oxygens (including phenoxy) is 1. The van der Waals surface area contributed by atoms with Gasteiger partial charge in [-0.05, 0) is 30.9 Å². The third-order valence-electron chi connectivity index (χ3n) is 3.06. The molecule has 0 radical (unpaired) electrons. The number of rotatable bonds is 7. The molecular weight excluding hydrogens is 250 g/mol. The fourth-order valence-electron chi connectivity index (χ4n) is 1.94. The van der Waals surface area contributed by atoms with Gasteiger partial charge in [0.15, 0.2) is 0 Å². The third-order valence-corrected chi connectivity index (χ3v) is 3.06. The monoisotopic (exact) mass is 271 g/mol. The van der Waals surface area contributed by atoms with Crippen molar-refractivity contribution in [2.75, 3.05) is 18.5 Å². The number of anilines is 1. The van der Waals surface area contributed by atoms with E-state index in [0.29, 0.717) is 12.5 Å². The lowest BCUT2D eigenvalue weighted by Crippen LogP contribution is -2.08. The second-order valence-corrected chi connectivity index (χ2v) is 4.69. The van der Waals surface area contributed by atoms with Gasteiger partial charge in [-0.2, -0.15) is 0 Å². The molecular formula is C16H21N3O. The fourth-order valence-corrected chi connectivity index (χ4v) is 1.94. The maximum absolute atomic E-state index is 5.49. The van der Waals surface area contributed by atoms with Crippen LogP contribution in [-0.2, 0) is 6.42 Å². The lowest BCUT2D eigenvalue weighted by Gasteiger charge is -2.09. The predicted molar refractivity (Wildman–Crippen MR) is 81.2 cm³/mol. The molecule has 1 aromatic heterocycles. The Morgan fingerprint density at radius 1 is 1.20 bits per heavy atom. The summed E-state index contributed by atoms with van der Waals surface area (Å²) >= 11 is 0. The van der Waals surface area contributed by atoms with Gasteiger partial charge in [0, 0.05) is 12.6 Å². The first-order valence-electron chi connectivity index (χ1n) is 7.03. The normalized spacial score (nSPS) is 10.3. The van der Waals surface area contributed by atoms with Crippen molar-refractivity contribution in [3.8, 4) is 5.88 Å². The molecule has 20 heavy (non-hydrogen) atoms. The summed E-state index contributed by atoms with van der Waals surface area (Å²) in [6.07, 6.45) is 3.48. The van der Waals surface area contributed by atoms with Gasteiger partial charge in [0.05, 0.1) is 6.61 Å². The van der Waals surface area contributed by atoms with Crippen molar-refractivity contribution < 1.29 is 4.74 Å². The number of aryl methyl sites for hydroxylation is 1. The highest BCUT2D eigenvalue weighted by Crippen LogP contribution is 2.12. The van der Waals surface area contributed by atoms with Crippen LogP contribution in [0.1, 0.15) is 24.5 Å². The van der Waals surface area contributed by atoms with Crippen LogP contribution < -0.4 is 10.1 Å². The average molecular weight is 271 g/mol. The zero-order valence-electron chi connectivity index (χ0n) is 12.1. The number of hydrogen-bond donors (Lipinski definition) is 1. The molecule has 1 N–H and O–H groups in total. The first kappa shape index (κ1) is 14.3. The Labute approximate surface area is 120 Å². The molecule has 2 rings (SSSR count). The van der Waals surface area contributed by atoms with E-state index >= 15 is 0 Å². The molecule has 1 aromatic carbocycles. The van der Waals surface area contributed by atoms with E-state index in [2.05, 4.69) is 53.4 Å². The summed E-state index contributed by atoms with van der Waals surface area (Å²) in [7, 11) is 0. The van der Waals surface area contributed by atoms with E-state index in [9.17, 15) is 0 Å². The molecule has 0 saturated carbocycles. The van der Waals surface area contributed by atoms with Crippen molar-refractivity contribution in [1.29, 1.82) is 0 Å². The van der Waals surface area contributed by atoms with Crippen molar-refractivity contribution >= 4 is 5.82 Å². The summed E-state index contributed by atoms with van der Waals surface area (Å²) < 4.78 is 5.49. The molecule has 0 unspecified atom stereocenters. The molecule has 0 aliphatic rings. The molecule has 0 aliphatic heterocycles. The second-order valence-electron chi connectivity index (χ2n) is 4.69. The van der Waals surface area contributed by atoms with Crippen molar-refractivity contribution in [2.24, 2.45) is 0 Å². The SMILES string of the molecule is CCCOc1cc(NCCc2ccccc2C)ncn1. The standard InChI is InChI=1S/C16H21N3O/c1-3-10-20-16-11-15(18-12-19-16)17-9-8-14-7-5-4-6-13(14)2/h4-7,11-12H,3,8-10H2,1-2H3,(H,17,18,19). The number of nitrogens with zero attached hydrogens (tertiary/aromatic N) is 2. The lowest BCUT2D eigenvalue weighted by molar-refractivity contribution is 0.305. The number of benzene rings is 1. The predicted octanol–water partition coefficient (Wildman–Crippen LogP) is 3.23. The van der Waals surface area contributed by atoms with Crippen molar-refractivity contribution in [1.82, 2.24) is 9.97 Å². The molecule has 0 bridgehead atoms. The first-order chi connectivity index (χ1) is 9.79.